The van der Waals surface area contributed by atoms with Gasteiger partial charge in [0.1, 0.15) is 18.5 Å². The van der Waals surface area contributed by atoms with Crippen molar-refractivity contribution in [2.45, 2.75) is 45.6 Å². The van der Waals surface area contributed by atoms with Gasteiger partial charge in [0.25, 0.3) is 0 Å². The lowest BCUT2D eigenvalue weighted by Crippen LogP contribution is -2.34. The molecule has 0 aliphatic carbocycles. The number of aliphatic hydroxyl groups is 1. The van der Waals surface area contributed by atoms with Gasteiger partial charge in [0.05, 0.1) is 0 Å². The second-order valence-electron chi connectivity index (χ2n) is 8.04. The van der Waals surface area contributed by atoms with Crippen LogP contribution in [0.15, 0.2) is 42.5 Å². The van der Waals surface area contributed by atoms with Crippen LogP contribution < -0.4 is 9.64 Å². The Balaban J connectivity index is 0.00000243. The minimum atomic E-state index is -0.514. The topological polar surface area (TPSA) is 32.7 Å². The zero-order chi connectivity index (χ0) is 18.0. The number of benzene rings is 2. The second kappa shape index (κ2) is 8.32. The molecule has 0 radical (unpaired) electrons. The van der Waals surface area contributed by atoms with Crippen LogP contribution in [0.25, 0.3) is 0 Å². The van der Waals surface area contributed by atoms with Gasteiger partial charge in [-0.15, -0.1) is 12.4 Å². The van der Waals surface area contributed by atoms with Crippen molar-refractivity contribution < 1.29 is 9.84 Å². The maximum Gasteiger partial charge on any atom is 0.123 e. The fourth-order valence-electron chi connectivity index (χ4n) is 3.45. The van der Waals surface area contributed by atoms with E-state index in [9.17, 15) is 5.11 Å². The lowest BCUT2D eigenvalue weighted by Gasteiger charge is -2.26. The molecule has 1 unspecified atom stereocenters. The van der Waals surface area contributed by atoms with Gasteiger partial charge in [0, 0.05) is 18.8 Å². The number of anilines is 1. The first-order chi connectivity index (χ1) is 11.8. The number of hydrogen-bond donors (Lipinski definition) is 1. The average molecular weight is 376 g/mol. The van der Waals surface area contributed by atoms with Crippen LogP contribution in [-0.4, -0.2) is 30.9 Å². The molecular weight excluding hydrogens is 346 g/mol. The number of halogens is 1. The lowest BCUT2D eigenvalue weighted by molar-refractivity contribution is 0.111. The number of aryl methyl sites for hydroxylation is 1. The van der Waals surface area contributed by atoms with Crippen molar-refractivity contribution in [1.82, 2.24) is 0 Å². The molecule has 0 bridgehead atoms. The van der Waals surface area contributed by atoms with E-state index in [2.05, 4.69) is 69.0 Å². The highest BCUT2D eigenvalue weighted by atomic mass is 35.5. The summed E-state index contributed by atoms with van der Waals surface area (Å²) in [6.45, 7) is 10.5. The van der Waals surface area contributed by atoms with E-state index in [0.29, 0.717) is 13.2 Å². The summed E-state index contributed by atoms with van der Waals surface area (Å²) in [5, 5.41) is 10.5. The van der Waals surface area contributed by atoms with Crippen LogP contribution in [0, 0.1) is 6.92 Å². The summed E-state index contributed by atoms with van der Waals surface area (Å²) >= 11 is 0. The Hall–Kier alpha value is -1.71. The molecule has 0 spiro atoms. The molecule has 0 saturated carbocycles. The smallest absolute Gasteiger partial charge is 0.123 e. The summed E-state index contributed by atoms with van der Waals surface area (Å²) in [6, 6.07) is 14.7. The number of ether oxygens (including phenoxy) is 1. The standard InChI is InChI=1S/C22H29NO2.ClH/c1-16-9-10-21(19(13-16)22(2,3)4)25-15-18(24)14-23-12-11-17-7-5-6-8-20(17)23;/h5-10,13,18,24H,11-12,14-15H2,1-4H3;1H. The van der Waals surface area contributed by atoms with E-state index in [1.54, 1.807) is 0 Å². The van der Waals surface area contributed by atoms with Crippen molar-refractivity contribution in [2.75, 3.05) is 24.6 Å². The molecule has 1 heterocycles. The van der Waals surface area contributed by atoms with Gasteiger partial charge in [0.15, 0.2) is 0 Å². The van der Waals surface area contributed by atoms with Gasteiger partial charge in [0.2, 0.25) is 0 Å². The molecule has 0 amide bonds. The normalized spacial score (nSPS) is 14.6. The van der Waals surface area contributed by atoms with E-state index in [4.69, 9.17) is 4.74 Å². The van der Waals surface area contributed by atoms with Crippen LogP contribution in [0.2, 0.25) is 0 Å². The highest BCUT2D eigenvalue weighted by Gasteiger charge is 2.22. The quantitative estimate of drug-likeness (QED) is 0.834. The van der Waals surface area contributed by atoms with Gasteiger partial charge in [-0.1, -0.05) is 56.7 Å². The summed E-state index contributed by atoms with van der Waals surface area (Å²) in [6.07, 6.45) is 0.538. The summed E-state index contributed by atoms with van der Waals surface area (Å²) in [4.78, 5) is 2.25. The molecule has 1 aliphatic heterocycles. The van der Waals surface area contributed by atoms with Crippen molar-refractivity contribution in [3.63, 3.8) is 0 Å². The van der Waals surface area contributed by atoms with Crippen molar-refractivity contribution in [2.24, 2.45) is 0 Å². The molecule has 2 aromatic rings. The SMILES string of the molecule is Cc1ccc(OCC(O)CN2CCc3ccccc32)c(C(C)(C)C)c1.Cl. The third-order valence-electron chi connectivity index (χ3n) is 4.79. The van der Waals surface area contributed by atoms with E-state index < -0.39 is 6.10 Å². The number of aliphatic hydroxyl groups excluding tert-OH is 1. The number of rotatable bonds is 5. The van der Waals surface area contributed by atoms with Crippen LogP contribution in [0.1, 0.15) is 37.5 Å². The average Bonchev–Trinajstić information content (AvgIpc) is 2.96. The van der Waals surface area contributed by atoms with E-state index in [-0.39, 0.29) is 17.8 Å². The van der Waals surface area contributed by atoms with Crippen LogP contribution in [0.4, 0.5) is 5.69 Å². The largest absolute Gasteiger partial charge is 0.491 e. The van der Waals surface area contributed by atoms with Crippen LogP contribution >= 0.6 is 12.4 Å². The van der Waals surface area contributed by atoms with Gasteiger partial charge >= 0.3 is 0 Å². The highest BCUT2D eigenvalue weighted by Crippen LogP contribution is 2.32. The molecule has 3 rings (SSSR count). The second-order valence-corrected chi connectivity index (χ2v) is 8.04. The molecule has 1 aliphatic rings. The minimum Gasteiger partial charge on any atom is -0.491 e. The Bertz CT molecular complexity index is 739. The van der Waals surface area contributed by atoms with Gasteiger partial charge < -0.3 is 14.7 Å². The van der Waals surface area contributed by atoms with Crippen molar-refractivity contribution in [3.05, 3.63) is 59.2 Å². The first-order valence-electron chi connectivity index (χ1n) is 9.09. The van der Waals surface area contributed by atoms with Gasteiger partial charge in [-0.3, -0.25) is 0 Å². The Morgan fingerprint density at radius 2 is 1.88 bits per heavy atom. The third kappa shape index (κ3) is 4.72. The summed E-state index contributed by atoms with van der Waals surface area (Å²) in [7, 11) is 0. The van der Waals surface area contributed by atoms with E-state index in [1.165, 1.54) is 22.4 Å². The Labute approximate surface area is 163 Å². The van der Waals surface area contributed by atoms with E-state index in [0.717, 1.165) is 18.7 Å². The minimum absolute atomic E-state index is 0. The summed E-state index contributed by atoms with van der Waals surface area (Å²) in [5.74, 6) is 0.874. The zero-order valence-corrected chi connectivity index (χ0v) is 17.0. The molecule has 0 saturated heterocycles. The number of nitrogens with zero attached hydrogens (tertiary/aromatic N) is 1. The predicted molar refractivity (Wildman–Crippen MR) is 111 cm³/mol. The Morgan fingerprint density at radius 1 is 1.15 bits per heavy atom. The fourth-order valence-corrected chi connectivity index (χ4v) is 3.45. The molecule has 1 N–H and O–H groups in total. The lowest BCUT2D eigenvalue weighted by atomic mass is 9.85. The van der Waals surface area contributed by atoms with Crippen LogP contribution in [0.5, 0.6) is 5.75 Å². The van der Waals surface area contributed by atoms with Crippen molar-refractivity contribution >= 4 is 18.1 Å². The molecule has 3 nitrogen and oxygen atoms in total. The van der Waals surface area contributed by atoms with E-state index in [1.807, 2.05) is 6.07 Å². The third-order valence-corrected chi connectivity index (χ3v) is 4.79. The molecule has 0 fully saturated rings. The first kappa shape index (κ1) is 20.6. The summed E-state index contributed by atoms with van der Waals surface area (Å²) < 4.78 is 6.00. The number of hydrogen-bond acceptors (Lipinski definition) is 3. The maximum atomic E-state index is 10.5. The molecule has 142 valence electrons. The molecule has 4 heteroatoms. The number of para-hydroxylation sites is 1. The van der Waals surface area contributed by atoms with Gasteiger partial charge in [-0.25, -0.2) is 0 Å². The Kier molecular flexibility index (Phi) is 6.59. The predicted octanol–water partition coefficient (Wildman–Crippen LogP) is 4.52. The molecule has 26 heavy (non-hydrogen) atoms. The first-order valence-corrected chi connectivity index (χ1v) is 9.09. The fraction of sp³-hybridized carbons (Fsp3) is 0.455. The molecular formula is C22H30ClNO2. The van der Waals surface area contributed by atoms with Crippen molar-refractivity contribution in [1.29, 1.82) is 0 Å². The number of β-amino-alcohol motifs (C(OH)–C–C–N with tert-alkyl or cyclic N) is 1. The molecule has 2 aromatic carbocycles. The van der Waals surface area contributed by atoms with Gasteiger partial charge in [-0.05, 0) is 42.0 Å². The zero-order valence-electron chi connectivity index (χ0n) is 16.2. The highest BCUT2D eigenvalue weighted by molar-refractivity contribution is 5.85. The number of fused-ring (bicyclic) bond motifs is 1. The summed E-state index contributed by atoms with van der Waals surface area (Å²) in [5.41, 5.74) is 5.04. The molecule has 0 aromatic heterocycles. The monoisotopic (exact) mass is 375 g/mol. The van der Waals surface area contributed by atoms with Crippen LogP contribution in [-0.2, 0) is 11.8 Å². The maximum absolute atomic E-state index is 10.5. The van der Waals surface area contributed by atoms with Crippen molar-refractivity contribution in [3.8, 4) is 5.75 Å². The van der Waals surface area contributed by atoms with E-state index >= 15 is 0 Å². The Morgan fingerprint density at radius 3 is 2.62 bits per heavy atom. The van der Waals surface area contributed by atoms with Crippen LogP contribution in [0.3, 0.4) is 0 Å². The van der Waals surface area contributed by atoms with Gasteiger partial charge in [-0.2, -0.15) is 0 Å². The molecule has 1 atom stereocenters.